The standard InChI is InChI=1S/C13H24NO/c1-11-5-12(2)7-13(3,6-11)10(15)14(4,8-11)9-12/h10,15H,5-9H2,1-4H3/q+1/t10-,11-,12+,13?,14?/m1/s1. The molecule has 0 amide bonds. The van der Waals surface area contributed by atoms with Crippen molar-refractivity contribution in [2.45, 2.75) is 46.3 Å². The first-order chi connectivity index (χ1) is 6.69. The maximum Gasteiger partial charge on any atom is 0.195 e. The molecular weight excluding hydrogens is 186 g/mol. The molecule has 3 aliphatic heterocycles. The SMILES string of the molecule is CC12C[C@@]3(C)C[C@@](C)(C1)C[N+](C)(C3)[C@@H]2O. The van der Waals surface area contributed by atoms with Gasteiger partial charge >= 0.3 is 0 Å². The molecule has 4 bridgehead atoms. The van der Waals surface area contributed by atoms with E-state index in [0.717, 1.165) is 4.48 Å². The van der Waals surface area contributed by atoms with Crippen molar-refractivity contribution in [1.29, 1.82) is 0 Å². The topological polar surface area (TPSA) is 20.2 Å². The Morgan fingerprint density at radius 1 is 1.00 bits per heavy atom. The fourth-order valence-corrected chi connectivity index (χ4v) is 6.30. The Bertz CT molecular complexity index is 280. The van der Waals surface area contributed by atoms with Gasteiger partial charge < -0.3 is 5.11 Å². The maximum atomic E-state index is 10.5. The summed E-state index contributed by atoms with van der Waals surface area (Å²) in [4.78, 5) is 0. The summed E-state index contributed by atoms with van der Waals surface area (Å²) < 4.78 is 0.906. The summed E-state index contributed by atoms with van der Waals surface area (Å²) in [7, 11) is 2.26. The quantitative estimate of drug-likeness (QED) is 0.606. The van der Waals surface area contributed by atoms with Gasteiger partial charge in [-0.1, -0.05) is 20.8 Å². The summed E-state index contributed by atoms with van der Waals surface area (Å²) in [6.07, 6.45) is 3.70. The summed E-state index contributed by atoms with van der Waals surface area (Å²) in [6, 6.07) is 0. The lowest BCUT2D eigenvalue weighted by atomic mass is 9.47. The minimum atomic E-state index is -0.126. The maximum absolute atomic E-state index is 10.5. The van der Waals surface area contributed by atoms with Gasteiger partial charge in [0.1, 0.15) is 0 Å². The van der Waals surface area contributed by atoms with Crippen LogP contribution in [-0.2, 0) is 0 Å². The van der Waals surface area contributed by atoms with Gasteiger partial charge in [-0.05, 0) is 19.3 Å². The molecule has 4 fully saturated rings. The van der Waals surface area contributed by atoms with E-state index < -0.39 is 0 Å². The molecule has 15 heavy (non-hydrogen) atoms. The van der Waals surface area contributed by atoms with Crippen molar-refractivity contribution in [1.82, 2.24) is 0 Å². The number of hydrogen-bond acceptors (Lipinski definition) is 1. The molecule has 2 heteroatoms. The summed E-state index contributed by atoms with van der Waals surface area (Å²) in [6.45, 7) is 9.54. The Balaban J connectivity index is 2.12. The van der Waals surface area contributed by atoms with Crippen molar-refractivity contribution < 1.29 is 9.59 Å². The average Bonchev–Trinajstić information content (AvgIpc) is 1.93. The van der Waals surface area contributed by atoms with Crippen molar-refractivity contribution in [2.24, 2.45) is 16.2 Å². The van der Waals surface area contributed by atoms with Crippen LogP contribution >= 0.6 is 0 Å². The summed E-state index contributed by atoms with van der Waals surface area (Å²) in [5.74, 6) is 0. The molecule has 4 rings (SSSR count). The molecular formula is C13H24NO+. The minimum Gasteiger partial charge on any atom is -0.344 e. The lowest BCUT2D eigenvalue weighted by Crippen LogP contribution is -2.77. The Morgan fingerprint density at radius 3 is 1.87 bits per heavy atom. The molecule has 2 nitrogen and oxygen atoms in total. The molecule has 1 N–H and O–H groups in total. The van der Waals surface area contributed by atoms with Gasteiger partial charge in [0, 0.05) is 16.2 Å². The largest absolute Gasteiger partial charge is 0.344 e. The van der Waals surface area contributed by atoms with Crippen LogP contribution in [0.5, 0.6) is 0 Å². The fourth-order valence-electron chi connectivity index (χ4n) is 6.30. The van der Waals surface area contributed by atoms with Crippen LogP contribution in [0.1, 0.15) is 40.0 Å². The van der Waals surface area contributed by atoms with Crippen molar-refractivity contribution in [3.05, 3.63) is 0 Å². The zero-order valence-corrected chi connectivity index (χ0v) is 10.5. The van der Waals surface area contributed by atoms with Gasteiger partial charge in [-0.3, -0.25) is 4.48 Å². The van der Waals surface area contributed by atoms with E-state index in [1.165, 1.54) is 32.4 Å². The molecule has 4 aliphatic rings. The third kappa shape index (κ3) is 1.13. The number of piperidine rings is 3. The number of quaternary nitrogens is 1. The van der Waals surface area contributed by atoms with Crippen molar-refractivity contribution in [3.8, 4) is 0 Å². The van der Waals surface area contributed by atoms with Gasteiger partial charge in [0.15, 0.2) is 6.23 Å². The first-order valence-electron chi connectivity index (χ1n) is 6.21. The highest BCUT2D eigenvalue weighted by atomic mass is 16.3. The van der Waals surface area contributed by atoms with Crippen LogP contribution in [0.3, 0.4) is 0 Å². The van der Waals surface area contributed by atoms with E-state index in [-0.39, 0.29) is 11.6 Å². The second kappa shape index (κ2) is 2.28. The van der Waals surface area contributed by atoms with E-state index in [9.17, 15) is 5.11 Å². The number of hydrogen-bond donors (Lipinski definition) is 1. The lowest BCUT2D eigenvalue weighted by molar-refractivity contribution is -0.994. The first-order valence-corrected chi connectivity index (χ1v) is 6.21. The second-order valence-electron chi connectivity index (χ2n) is 7.97. The van der Waals surface area contributed by atoms with Crippen LogP contribution in [0, 0.1) is 16.2 Å². The molecule has 2 unspecified atom stereocenters. The van der Waals surface area contributed by atoms with E-state index in [4.69, 9.17) is 0 Å². The predicted molar refractivity (Wildman–Crippen MR) is 60.1 cm³/mol. The van der Waals surface area contributed by atoms with Gasteiger partial charge in [-0.15, -0.1) is 0 Å². The Kier molecular flexibility index (Phi) is 1.54. The zero-order chi connectivity index (χ0) is 11.1. The normalized spacial score (nSPS) is 67.4. The third-order valence-corrected chi connectivity index (χ3v) is 5.21. The van der Waals surface area contributed by atoms with Gasteiger partial charge in [-0.2, -0.15) is 0 Å². The molecule has 86 valence electrons. The predicted octanol–water partition coefficient (Wildman–Crippen LogP) is 1.98. The van der Waals surface area contributed by atoms with Gasteiger partial charge in [-0.25, -0.2) is 0 Å². The Hall–Kier alpha value is -0.0800. The van der Waals surface area contributed by atoms with E-state index in [0.29, 0.717) is 10.8 Å². The number of rotatable bonds is 0. The molecule has 0 radical (unpaired) electrons. The zero-order valence-electron chi connectivity index (χ0n) is 10.5. The van der Waals surface area contributed by atoms with Crippen LogP contribution in [0.25, 0.3) is 0 Å². The average molecular weight is 210 g/mol. The third-order valence-electron chi connectivity index (χ3n) is 5.21. The first kappa shape index (κ1) is 10.1. The van der Waals surface area contributed by atoms with E-state index >= 15 is 0 Å². The summed E-state index contributed by atoms with van der Waals surface area (Å²) in [5.41, 5.74) is 1.13. The highest BCUT2D eigenvalue weighted by molar-refractivity contribution is 5.06. The molecule has 3 saturated heterocycles. The molecule has 0 aromatic carbocycles. The van der Waals surface area contributed by atoms with Crippen LogP contribution < -0.4 is 0 Å². The summed E-state index contributed by atoms with van der Waals surface area (Å²) >= 11 is 0. The smallest absolute Gasteiger partial charge is 0.195 e. The molecule has 0 aromatic heterocycles. The van der Waals surface area contributed by atoms with Crippen LogP contribution in [0.2, 0.25) is 0 Å². The second-order valence-corrected chi connectivity index (χ2v) is 7.97. The number of nitrogens with zero attached hydrogens (tertiary/aromatic N) is 1. The molecule has 3 heterocycles. The lowest BCUT2D eigenvalue weighted by Gasteiger charge is -2.69. The van der Waals surface area contributed by atoms with Crippen LogP contribution in [0.4, 0.5) is 0 Å². The van der Waals surface area contributed by atoms with Crippen molar-refractivity contribution >= 4 is 0 Å². The van der Waals surface area contributed by atoms with E-state index in [1.807, 2.05) is 0 Å². The number of aliphatic hydroxyl groups excluding tert-OH is 1. The summed E-state index contributed by atoms with van der Waals surface area (Å²) in [5, 5.41) is 10.5. The molecule has 0 aromatic rings. The fraction of sp³-hybridized carbons (Fsp3) is 1.00. The Labute approximate surface area is 92.9 Å². The van der Waals surface area contributed by atoms with E-state index in [2.05, 4.69) is 27.8 Å². The van der Waals surface area contributed by atoms with E-state index in [1.54, 1.807) is 0 Å². The molecule has 0 spiro atoms. The van der Waals surface area contributed by atoms with Crippen molar-refractivity contribution in [2.75, 3.05) is 20.1 Å². The molecule has 1 saturated carbocycles. The molecule has 5 atom stereocenters. The minimum absolute atomic E-state index is 0.126. The highest BCUT2D eigenvalue weighted by Gasteiger charge is 2.68. The van der Waals surface area contributed by atoms with Gasteiger partial charge in [0.25, 0.3) is 0 Å². The van der Waals surface area contributed by atoms with Crippen molar-refractivity contribution in [3.63, 3.8) is 0 Å². The van der Waals surface area contributed by atoms with Gasteiger partial charge in [0.05, 0.1) is 20.1 Å². The monoisotopic (exact) mass is 210 g/mol. The van der Waals surface area contributed by atoms with Gasteiger partial charge in [0.2, 0.25) is 0 Å². The number of aliphatic hydroxyl groups is 1. The Morgan fingerprint density at radius 2 is 1.47 bits per heavy atom. The van der Waals surface area contributed by atoms with Crippen LogP contribution in [0.15, 0.2) is 0 Å². The highest BCUT2D eigenvalue weighted by Crippen LogP contribution is 2.65. The molecule has 1 aliphatic carbocycles. The van der Waals surface area contributed by atoms with Crippen LogP contribution in [-0.4, -0.2) is 36.0 Å².